The first-order chi connectivity index (χ1) is 11.8. The molecular formula is C24H36. The molecule has 0 aromatic heterocycles. The Hall–Kier alpha value is -0.780. The van der Waals surface area contributed by atoms with Crippen molar-refractivity contribution in [1.82, 2.24) is 0 Å². The monoisotopic (exact) mass is 324 g/mol. The van der Waals surface area contributed by atoms with Crippen LogP contribution in [0.2, 0.25) is 0 Å². The van der Waals surface area contributed by atoms with Crippen LogP contribution in [0, 0.1) is 29.6 Å². The lowest BCUT2D eigenvalue weighted by Gasteiger charge is -2.45. The Morgan fingerprint density at radius 2 is 1.54 bits per heavy atom. The molecule has 0 radical (unpaired) electrons. The highest BCUT2D eigenvalue weighted by molar-refractivity contribution is 5.34. The fourth-order valence-corrected chi connectivity index (χ4v) is 6.28. The predicted octanol–water partition coefficient (Wildman–Crippen LogP) is 6.60. The molecule has 0 heterocycles. The van der Waals surface area contributed by atoms with Crippen LogP contribution in [0.15, 0.2) is 18.2 Å². The molecule has 0 amide bonds. The van der Waals surface area contributed by atoms with E-state index < -0.39 is 0 Å². The van der Waals surface area contributed by atoms with E-state index >= 15 is 0 Å². The minimum Gasteiger partial charge on any atom is -0.0651 e. The molecule has 3 aliphatic carbocycles. The van der Waals surface area contributed by atoms with E-state index in [0.29, 0.717) is 0 Å². The van der Waals surface area contributed by atoms with Crippen molar-refractivity contribution in [3.05, 3.63) is 34.9 Å². The maximum Gasteiger partial charge on any atom is -0.0245 e. The van der Waals surface area contributed by atoms with E-state index in [1.165, 1.54) is 50.5 Å². The fraction of sp³-hybridized carbons (Fsp3) is 0.750. The lowest BCUT2D eigenvalue weighted by atomic mass is 9.61. The SMILES string of the molecule is CCc1ccc2c(c1)CCC(C1CCC3C[C@H](CC)CC[C@@H]3C1)C2. The summed E-state index contributed by atoms with van der Waals surface area (Å²) < 4.78 is 0. The molecular weight excluding hydrogens is 288 g/mol. The van der Waals surface area contributed by atoms with E-state index in [2.05, 4.69) is 32.0 Å². The average Bonchev–Trinajstić information content (AvgIpc) is 2.66. The summed E-state index contributed by atoms with van der Waals surface area (Å²) in [7, 11) is 0. The molecule has 24 heavy (non-hydrogen) atoms. The number of fused-ring (bicyclic) bond motifs is 2. The van der Waals surface area contributed by atoms with Gasteiger partial charge in [0.2, 0.25) is 0 Å². The first-order valence-electron chi connectivity index (χ1n) is 10.9. The van der Waals surface area contributed by atoms with Gasteiger partial charge in [0.25, 0.3) is 0 Å². The number of benzene rings is 1. The van der Waals surface area contributed by atoms with E-state index in [1.54, 1.807) is 36.8 Å². The van der Waals surface area contributed by atoms with Crippen molar-refractivity contribution in [2.45, 2.75) is 84.5 Å². The largest absolute Gasteiger partial charge is 0.0651 e. The standard InChI is InChI=1S/C24H36/c1-3-17-5-7-21-15-23(11-9-19(21)13-17)24-12-10-20-14-18(4-2)6-8-22(20)16-24/h5,7,13,18,20,22-24H,3-4,6,8-12,14-16H2,1-2H3/t18-,20?,22-,23?,24?/m1/s1. The highest BCUT2D eigenvalue weighted by atomic mass is 14.4. The highest BCUT2D eigenvalue weighted by Crippen LogP contribution is 2.48. The molecule has 1 aromatic rings. The fourth-order valence-electron chi connectivity index (χ4n) is 6.28. The molecule has 0 heteroatoms. The van der Waals surface area contributed by atoms with Crippen LogP contribution in [0.3, 0.4) is 0 Å². The molecule has 3 aliphatic rings. The highest BCUT2D eigenvalue weighted by Gasteiger charge is 2.38. The topological polar surface area (TPSA) is 0 Å². The van der Waals surface area contributed by atoms with Gasteiger partial charge in [0.15, 0.2) is 0 Å². The minimum atomic E-state index is 0.981. The van der Waals surface area contributed by atoms with Gasteiger partial charge in [-0.05, 0) is 104 Å². The van der Waals surface area contributed by atoms with Crippen molar-refractivity contribution < 1.29 is 0 Å². The van der Waals surface area contributed by atoms with E-state index in [-0.39, 0.29) is 0 Å². The van der Waals surface area contributed by atoms with E-state index in [1.807, 2.05) is 0 Å². The Morgan fingerprint density at radius 3 is 2.33 bits per heavy atom. The molecule has 0 bridgehead atoms. The van der Waals surface area contributed by atoms with Crippen LogP contribution in [0.4, 0.5) is 0 Å². The Bertz CT molecular complexity index is 557. The zero-order chi connectivity index (χ0) is 16.5. The van der Waals surface area contributed by atoms with Crippen LogP contribution in [0.1, 0.15) is 81.9 Å². The second kappa shape index (κ2) is 7.22. The Labute approximate surface area is 149 Å². The molecule has 0 N–H and O–H groups in total. The summed E-state index contributed by atoms with van der Waals surface area (Å²) >= 11 is 0. The van der Waals surface area contributed by atoms with Crippen molar-refractivity contribution in [1.29, 1.82) is 0 Å². The Kier molecular flexibility index (Phi) is 5.02. The van der Waals surface area contributed by atoms with Gasteiger partial charge in [-0.1, -0.05) is 44.9 Å². The van der Waals surface area contributed by atoms with Crippen molar-refractivity contribution in [3.8, 4) is 0 Å². The molecule has 5 atom stereocenters. The molecule has 132 valence electrons. The van der Waals surface area contributed by atoms with Crippen LogP contribution in [0.25, 0.3) is 0 Å². The summed E-state index contributed by atoms with van der Waals surface area (Å²) in [4.78, 5) is 0. The molecule has 4 rings (SSSR count). The second-order valence-corrected chi connectivity index (χ2v) is 9.14. The molecule has 0 spiro atoms. The van der Waals surface area contributed by atoms with Gasteiger partial charge in [-0.2, -0.15) is 0 Å². The van der Waals surface area contributed by atoms with Gasteiger partial charge >= 0.3 is 0 Å². The van der Waals surface area contributed by atoms with Crippen LogP contribution in [-0.4, -0.2) is 0 Å². The normalized spacial score (nSPS) is 36.0. The first-order valence-corrected chi connectivity index (χ1v) is 10.9. The zero-order valence-electron chi connectivity index (χ0n) is 15.9. The van der Waals surface area contributed by atoms with Crippen LogP contribution >= 0.6 is 0 Å². The van der Waals surface area contributed by atoms with Crippen molar-refractivity contribution in [3.63, 3.8) is 0 Å². The molecule has 0 aliphatic heterocycles. The molecule has 2 saturated carbocycles. The van der Waals surface area contributed by atoms with Gasteiger partial charge in [0.1, 0.15) is 0 Å². The summed E-state index contributed by atoms with van der Waals surface area (Å²) in [6, 6.07) is 7.33. The van der Waals surface area contributed by atoms with Gasteiger partial charge in [-0.3, -0.25) is 0 Å². The molecule has 3 unspecified atom stereocenters. The summed E-state index contributed by atoms with van der Waals surface area (Å²) in [5, 5.41) is 0. The maximum absolute atomic E-state index is 2.49. The smallest absolute Gasteiger partial charge is 0.0245 e. The van der Waals surface area contributed by atoms with E-state index in [0.717, 1.165) is 29.6 Å². The molecule has 2 fully saturated rings. The van der Waals surface area contributed by atoms with Crippen LogP contribution < -0.4 is 0 Å². The van der Waals surface area contributed by atoms with Gasteiger partial charge < -0.3 is 0 Å². The van der Waals surface area contributed by atoms with Crippen LogP contribution in [0.5, 0.6) is 0 Å². The van der Waals surface area contributed by atoms with Gasteiger partial charge in [0, 0.05) is 0 Å². The van der Waals surface area contributed by atoms with Crippen molar-refractivity contribution in [2.75, 3.05) is 0 Å². The first kappa shape index (κ1) is 16.7. The summed E-state index contributed by atoms with van der Waals surface area (Å²) in [5.74, 6) is 5.23. The third-order valence-electron chi connectivity index (χ3n) is 7.95. The average molecular weight is 325 g/mol. The third-order valence-corrected chi connectivity index (χ3v) is 7.95. The number of rotatable bonds is 3. The number of aryl methyl sites for hydroxylation is 2. The zero-order valence-corrected chi connectivity index (χ0v) is 15.9. The second-order valence-electron chi connectivity index (χ2n) is 9.14. The number of hydrogen-bond acceptors (Lipinski definition) is 0. The minimum absolute atomic E-state index is 0.981. The van der Waals surface area contributed by atoms with E-state index in [9.17, 15) is 0 Å². The quantitative estimate of drug-likeness (QED) is 0.588. The summed E-state index contributed by atoms with van der Waals surface area (Å²) in [5.41, 5.74) is 4.88. The molecule has 0 nitrogen and oxygen atoms in total. The molecule has 0 saturated heterocycles. The predicted molar refractivity (Wildman–Crippen MR) is 103 cm³/mol. The lowest BCUT2D eigenvalue weighted by Crippen LogP contribution is -2.35. The summed E-state index contributed by atoms with van der Waals surface area (Å²) in [6.07, 6.45) is 16.0. The van der Waals surface area contributed by atoms with Crippen LogP contribution in [-0.2, 0) is 19.3 Å². The Morgan fingerprint density at radius 1 is 0.792 bits per heavy atom. The van der Waals surface area contributed by atoms with Gasteiger partial charge in [-0.25, -0.2) is 0 Å². The van der Waals surface area contributed by atoms with Gasteiger partial charge in [0.05, 0.1) is 0 Å². The lowest BCUT2D eigenvalue weighted by molar-refractivity contribution is 0.0708. The van der Waals surface area contributed by atoms with E-state index in [4.69, 9.17) is 0 Å². The maximum atomic E-state index is 2.49. The summed E-state index contributed by atoms with van der Waals surface area (Å²) in [6.45, 7) is 4.68. The van der Waals surface area contributed by atoms with Crippen molar-refractivity contribution in [2.24, 2.45) is 29.6 Å². The Balaban J connectivity index is 1.39. The van der Waals surface area contributed by atoms with Gasteiger partial charge in [-0.15, -0.1) is 0 Å². The molecule has 1 aromatic carbocycles. The van der Waals surface area contributed by atoms with Crippen molar-refractivity contribution >= 4 is 0 Å². The third kappa shape index (κ3) is 3.31. The number of hydrogen-bond donors (Lipinski definition) is 0.